The standard InChI is InChI=1S/C17H20O/c1-4-14-7-5-6-8-15(14)17(18)16-11-12(2)9-10-13(16)3/h5-11,17-18H,4H2,1-3H3. The molecule has 1 atom stereocenters. The van der Waals surface area contributed by atoms with Crippen molar-refractivity contribution in [2.45, 2.75) is 33.3 Å². The highest BCUT2D eigenvalue weighted by molar-refractivity contribution is 5.40. The van der Waals surface area contributed by atoms with E-state index in [2.05, 4.69) is 38.1 Å². The van der Waals surface area contributed by atoms with E-state index in [1.165, 1.54) is 11.1 Å². The van der Waals surface area contributed by atoms with E-state index in [9.17, 15) is 5.11 Å². The highest BCUT2D eigenvalue weighted by Crippen LogP contribution is 2.28. The van der Waals surface area contributed by atoms with Crippen molar-refractivity contribution in [2.24, 2.45) is 0 Å². The molecule has 1 heteroatoms. The minimum absolute atomic E-state index is 0.527. The van der Waals surface area contributed by atoms with Gasteiger partial charge in [-0.25, -0.2) is 0 Å². The molecule has 1 unspecified atom stereocenters. The summed E-state index contributed by atoms with van der Waals surface area (Å²) in [5.41, 5.74) is 5.57. The lowest BCUT2D eigenvalue weighted by Gasteiger charge is -2.17. The molecule has 0 aliphatic rings. The molecule has 1 nitrogen and oxygen atoms in total. The fraction of sp³-hybridized carbons (Fsp3) is 0.294. The van der Waals surface area contributed by atoms with E-state index < -0.39 is 6.10 Å². The molecule has 2 aromatic carbocycles. The lowest BCUT2D eigenvalue weighted by atomic mass is 9.92. The second kappa shape index (κ2) is 5.36. The van der Waals surface area contributed by atoms with Gasteiger partial charge >= 0.3 is 0 Å². The zero-order chi connectivity index (χ0) is 13.1. The van der Waals surface area contributed by atoms with Crippen LogP contribution in [0.1, 0.15) is 40.8 Å². The molecular formula is C17H20O. The van der Waals surface area contributed by atoms with Crippen molar-refractivity contribution < 1.29 is 5.11 Å². The van der Waals surface area contributed by atoms with E-state index in [4.69, 9.17) is 0 Å². The number of aryl methyl sites for hydroxylation is 3. The quantitative estimate of drug-likeness (QED) is 0.861. The van der Waals surface area contributed by atoms with Crippen LogP contribution in [0.3, 0.4) is 0 Å². The van der Waals surface area contributed by atoms with Gasteiger partial charge < -0.3 is 5.11 Å². The molecule has 0 amide bonds. The van der Waals surface area contributed by atoms with Crippen LogP contribution in [0.2, 0.25) is 0 Å². The van der Waals surface area contributed by atoms with Crippen molar-refractivity contribution in [1.29, 1.82) is 0 Å². The van der Waals surface area contributed by atoms with Gasteiger partial charge in [-0.05, 0) is 42.5 Å². The third-order valence-corrected chi connectivity index (χ3v) is 3.46. The summed E-state index contributed by atoms with van der Waals surface area (Å²) in [5.74, 6) is 0. The van der Waals surface area contributed by atoms with Gasteiger partial charge in [0.1, 0.15) is 6.10 Å². The molecule has 0 spiro atoms. The molecule has 2 rings (SSSR count). The van der Waals surface area contributed by atoms with Crippen molar-refractivity contribution in [3.63, 3.8) is 0 Å². The lowest BCUT2D eigenvalue weighted by Crippen LogP contribution is -2.05. The van der Waals surface area contributed by atoms with Gasteiger partial charge in [-0.1, -0.05) is 55.0 Å². The Morgan fingerprint density at radius 3 is 2.44 bits per heavy atom. The molecule has 0 saturated heterocycles. The van der Waals surface area contributed by atoms with Gasteiger partial charge in [-0.15, -0.1) is 0 Å². The topological polar surface area (TPSA) is 20.2 Å². The van der Waals surface area contributed by atoms with Gasteiger partial charge in [0.15, 0.2) is 0 Å². The minimum atomic E-state index is -0.527. The molecule has 2 aromatic rings. The number of hydrogen-bond acceptors (Lipinski definition) is 1. The third-order valence-electron chi connectivity index (χ3n) is 3.46. The zero-order valence-corrected chi connectivity index (χ0v) is 11.3. The Hall–Kier alpha value is -1.60. The number of aliphatic hydroxyl groups excluding tert-OH is 1. The molecule has 94 valence electrons. The second-order valence-electron chi connectivity index (χ2n) is 4.81. The maximum Gasteiger partial charge on any atom is 0.105 e. The number of hydrogen-bond donors (Lipinski definition) is 1. The van der Waals surface area contributed by atoms with Crippen LogP contribution < -0.4 is 0 Å². The van der Waals surface area contributed by atoms with E-state index in [-0.39, 0.29) is 0 Å². The van der Waals surface area contributed by atoms with Crippen molar-refractivity contribution in [1.82, 2.24) is 0 Å². The van der Waals surface area contributed by atoms with Crippen LogP contribution in [0.15, 0.2) is 42.5 Å². The summed E-state index contributed by atoms with van der Waals surface area (Å²) in [6.07, 6.45) is 0.416. The average molecular weight is 240 g/mol. The largest absolute Gasteiger partial charge is 0.384 e. The van der Waals surface area contributed by atoms with Crippen LogP contribution in [0.5, 0.6) is 0 Å². The Balaban J connectivity index is 2.47. The van der Waals surface area contributed by atoms with E-state index in [1.807, 2.05) is 25.1 Å². The normalized spacial score (nSPS) is 12.4. The van der Waals surface area contributed by atoms with Crippen LogP contribution in [0.4, 0.5) is 0 Å². The highest BCUT2D eigenvalue weighted by atomic mass is 16.3. The highest BCUT2D eigenvalue weighted by Gasteiger charge is 2.15. The fourth-order valence-electron chi connectivity index (χ4n) is 2.34. The van der Waals surface area contributed by atoms with Gasteiger partial charge in [-0.3, -0.25) is 0 Å². The number of aliphatic hydroxyl groups is 1. The minimum Gasteiger partial charge on any atom is -0.384 e. The van der Waals surface area contributed by atoms with Gasteiger partial charge in [0.05, 0.1) is 0 Å². The molecule has 0 bridgehead atoms. The molecule has 1 N–H and O–H groups in total. The number of rotatable bonds is 3. The Morgan fingerprint density at radius 1 is 1.00 bits per heavy atom. The van der Waals surface area contributed by atoms with Crippen LogP contribution in [-0.2, 0) is 6.42 Å². The van der Waals surface area contributed by atoms with Gasteiger partial charge in [0.2, 0.25) is 0 Å². The van der Waals surface area contributed by atoms with E-state index in [0.29, 0.717) is 0 Å². The van der Waals surface area contributed by atoms with Crippen LogP contribution in [-0.4, -0.2) is 5.11 Å². The van der Waals surface area contributed by atoms with Crippen molar-refractivity contribution in [3.8, 4) is 0 Å². The van der Waals surface area contributed by atoms with E-state index in [0.717, 1.165) is 23.1 Å². The Kier molecular flexibility index (Phi) is 3.83. The average Bonchev–Trinajstić information content (AvgIpc) is 2.40. The smallest absolute Gasteiger partial charge is 0.105 e. The summed E-state index contributed by atoms with van der Waals surface area (Å²) in [5, 5.41) is 10.6. The molecule has 0 heterocycles. The summed E-state index contributed by atoms with van der Waals surface area (Å²) >= 11 is 0. The third kappa shape index (κ3) is 2.46. The van der Waals surface area contributed by atoms with Crippen molar-refractivity contribution in [3.05, 3.63) is 70.3 Å². The Labute approximate surface area is 109 Å². The fourth-order valence-corrected chi connectivity index (χ4v) is 2.34. The molecule has 0 radical (unpaired) electrons. The monoisotopic (exact) mass is 240 g/mol. The van der Waals surface area contributed by atoms with E-state index in [1.54, 1.807) is 0 Å². The van der Waals surface area contributed by atoms with Crippen LogP contribution in [0.25, 0.3) is 0 Å². The van der Waals surface area contributed by atoms with Gasteiger partial charge in [0.25, 0.3) is 0 Å². The van der Waals surface area contributed by atoms with Crippen molar-refractivity contribution >= 4 is 0 Å². The predicted molar refractivity (Wildman–Crippen MR) is 75.8 cm³/mol. The summed E-state index contributed by atoms with van der Waals surface area (Å²) in [6, 6.07) is 14.3. The van der Waals surface area contributed by atoms with E-state index >= 15 is 0 Å². The maximum atomic E-state index is 10.6. The summed E-state index contributed by atoms with van der Waals surface area (Å²) in [7, 11) is 0. The Morgan fingerprint density at radius 2 is 1.72 bits per heavy atom. The predicted octanol–water partition coefficient (Wildman–Crippen LogP) is 3.95. The SMILES string of the molecule is CCc1ccccc1C(O)c1cc(C)ccc1C. The van der Waals surface area contributed by atoms with Crippen LogP contribution in [0, 0.1) is 13.8 Å². The van der Waals surface area contributed by atoms with Crippen LogP contribution >= 0.6 is 0 Å². The molecule has 0 aromatic heterocycles. The first-order valence-electron chi connectivity index (χ1n) is 6.46. The maximum absolute atomic E-state index is 10.6. The molecule has 0 aliphatic heterocycles. The molecule has 0 aliphatic carbocycles. The molecule has 18 heavy (non-hydrogen) atoms. The molecule has 0 fully saturated rings. The summed E-state index contributed by atoms with van der Waals surface area (Å²) < 4.78 is 0. The van der Waals surface area contributed by atoms with Gasteiger partial charge in [-0.2, -0.15) is 0 Å². The first-order valence-corrected chi connectivity index (χ1v) is 6.46. The summed E-state index contributed by atoms with van der Waals surface area (Å²) in [4.78, 5) is 0. The first-order chi connectivity index (χ1) is 8.63. The lowest BCUT2D eigenvalue weighted by molar-refractivity contribution is 0.218. The number of benzene rings is 2. The van der Waals surface area contributed by atoms with Gasteiger partial charge in [0, 0.05) is 0 Å². The van der Waals surface area contributed by atoms with Crippen molar-refractivity contribution in [2.75, 3.05) is 0 Å². The second-order valence-corrected chi connectivity index (χ2v) is 4.81. The molecule has 0 saturated carbocycles. The summed E-state index contributed by atoms with van der Waals surface area (Å²) in [6.45, 7) is 6.22. The zero-order valence-electron chi connectivity index (χ0n) is 11.3. The molecular weight excluding hydrogens is 220 g/mol. The Bertz CT molecular complexity index is 543. The first kappa shape index (κ1) is 12.8.